The Morgan fingerprint density at radius 3 is 2.17 bits per heavy atom. The van der Waals surface area contributed by atoms with Crippen LogP contribution in [-0.2, 0) is 0 Å². The van der Waals surface area contributed by atoms with Crippen LogP contribution in [0.3, 0.4) is 0 Å². The highest BCUT2D eigenvalue weighted by Gasteiger charge is 2.25. The van der Waals surface area contributed by atoms with Crippen LogP contribution in [0.1, 0.15) is 10.6 Å². The van der Waals surface area contributed by atoms with Crippen molar-refractivity contribution in [3.63, 3.8) is 0 Å². The van der Waals surface area contributed by atoms with E-state index in [0.717, 1.165) is 0 Å². The molecule has 3 heteroatoms. The van der Waals surface area contributed by atoms with E-state index in [2.05, 4.69) is 24.6 Å². The average Bonchev–Trinajstić information content (AvgIpc) is 2.03. The van der Waals surface area contributed by atoms with E-state index in [0.29, 0.717) is 0 Å². The Bertz CT molecular complexity index is 242. The zero-order valence-corrected chi connectivity index (χ0v) is 9.47. The van der Waals surface area contributed by atoms with Crippen molar-refractivity contribution >= 4 is 19.7 Å². The SMILES string of the molecule is C[Si](C)(C)[C@H](Cl)c1ccncc1. The van der Waals surface area contributed by atoms with E-state index in [1.165, 1.54) is 5.56 Å². The Morgan fingerprint density at radius 2 is 1.75 bits per heavy atom. The van der Waals surface area contributed by atoms with Gasteiger partial charge in [-0.1, -0.05) is 19.6 Å². The van der Waals surface area contributed by atoms with Crippen molar-refractivity contribution in [2.75, 3.05) is 0 Å². The highest BCUT2D eigenvalue weighted by molar-refractivity contribution is 6.83. The Balaban J connectivity index is 2.86. The molecule has 12 heavy (non-hydrogen) atoms. The molecule has 0 N–H and O–H groups in total. The third-order valence-corrected chi connectivity index (χ3v) is 5.83. The van der Waals surface area contributed by atoms with Gasteiger partial charge in [-0.25, -0.2) is 0 Å². The van der Waals surface area contributed by atoms with Crippen molar-refractivity contribution in [2.24, 2.45) is 0 Å². The molecule has 0 bridgehead atoms. The predicted molar refractivity (Wildman–Crippen MR) is 56.2 cm³/mol. The van der Waals surface area contributed by atoms with E-state index in [1.807, 2.05) is 12.1 Å². The molecule has 66 valence electrons. The van der Waals surface area contributed by atoms with Crippen molar-refractivity contribution in [1.29, 1.82) is 0 Å². The predicted octanol–water partition coefficient (Wildman–Crippen LogP) is 3.24. The van der Waals surface area contributed by atoms with E-state index in [1.54, 1.807) is 12.4 Å². The van der Waals surface area contributed by atoms with E-state index in [-0.39, 0.29) is 5.00 Å². The highest BCUT2D eigenvalue weighted by Crippen LogP contribution is 2.29. The van der Waals surface area contributed by atoms with Crippen LogP contribution < -0.4 is 0 Å². The molecule has 0 aliphatic carbocycles. The second kappa shape index (κ2) is 3.58. The summed E-state index contributed by atoms with van der Waals surface area (Å²) < 4.78 is 0. The summed E-state index contributed by atoms with van der Waals surface area (Å²) in [4.78, 5) is 3.97. The lowest BCUT2D eigenvalue weighted by Gasteiger charge is -2.22. The van der Waals surface area contributed by atoms with Crippen LogP contribution in [0.15, 0.2) is 24.5 Å². The zero-order chi connectivity index (χ0) is 9.19. The number of aromatic nitrogens is 1. The summed E-state index contributed by atoms with van der Waals surface area (Å²) in [5, 5.41) is 0.195. The molecule has 0 saturated heterocycles. The first kappa shape index (κ1) is 9.74. The fraction of sp³-hybridized carbons (Fsp3) is 0.444. The molecule has 1 aromatic rings. The van der Waals surface area contributed by atoms with Gasteiger partial charge < -0.3 is 0 Å². The summed E-state index contributed by atoms with van der Waals surface area (Å²) in [5.74, 6) is 0. The molecule has 0 unspecified atom stereocenters. The second-order valence-electron chi connectivity index (χ2n) is 4.01. The van der Waals surface area contributed by atoms with Crippen molar-refractivity contribution < 1.29 is 0 Å². The number of rotatable bonds is 2. The molecular weight excluding hydrogens is 186 g/mol. The number of nitrogens with zero attached hydrogens (tertiary/aromatic N) is 1. The fourth-order valence-electron chi connectivity index (χ4n) is 1.03. The maximum Gasteiger partial charge on any atom is 0.0704 e. The van der Waals surface area contributed by atoms with Crippen molar-refractivity contribution in [3.8, 4) is 0 Å². The quantitative estimate of drug-likeness (QED) is 0.527. The van der Waals surface area contributed by atoms with Gasteiger partial charge in [0, 0.05) is 12.4 Å². The van der Waals surface area contributed by atoms with Gasteiger partial charge in [-0.3, -0.25) is 4.98 Å². The zero-order valence-electron chi connectivity index (χ0n) is 7.71. The van der Waals surface area contributed by atoms with Crippen LogP contribution in [0.5, 0.6) is 0 Å². The largest absolute Gasteiger partial charge is 0.265 e. The van der Waals surface area contributed by atoms with E-state index >= 15 is 0 Å². The van der Waals surface area contributed by atoms with Gasteiger partial charge in [0.25, 0.3) is 0 Å². The maximum absolute atomic E-state index is 6.32. The van der Waals surface area contributed by atoms with Crippen LogP contribution in [0.2, 0.25) is 19.6 Å². The third kappa shape index (κ3) is 2.32. The van der Waals surface area contributed by atoms with Gasteiger partial charge in [-0.15, -0.1) is 11.6 Å². The molecule has 1 rings (SSSR count). The molecule has 0 aliphatic rings. The van der Waals surface area contributed by atoms with Crippen molar-refractivity contribution in [3.05, 3.63) is 30.1 Å². The fourth-order valence-corrected chi connectivity index (χ4v) is 2.37. The molecule has 1 aromatic heterocycles. The third-order valence-electron chi connectivity index (χ3n) is 1.76. The number of alkyl halides is 1. The van der Waals surface area contributed by atoms with Gasteiger partial charge in [0.1, 0.15) is 0 Å². The molecule has 0 radical (unpaired) electrons. The van der Waals surface area contributed by atoms with Gasteiger partial charge in [-0.2, -0.15) is 0 Å². The molecule has 0 amide bonds. The lowest BCUT2D eigenvalue weighted by molar-refractivity contribution is 1.20. The Kier molecular flexibility index (Phi) is 2.91. The van der Waals surface area contributed by atoms with E-state index in [9.17, 15) is 0 Å². The molecule has 0 aliphatic heterocycles. The highest BCUT2D eigenvalue weighted by atomic mass is 35.5. The lowest BCUT2D eigenvalue weighted by Crippen LogP contribution is -2.27. The summed E-state index contributed by atoms with van der Waals surface area (Å²) in [6, 6.07) is 3.99. The minimum Gasteiger partial charge on any atom is -0.265 e. The number of hydrogen-bond acceptors (Lipinski definition) is 1. The van der Waals surface area contributed by atoms with Crippen LogP contribution in [0.25, 0.3) is 0 Å². The second-order valence-corrected chi connectivity index (χ2v) is 10.1. The normalized spacial score (nSPS) is 14.3. The molecule has 0 saturated carbocycles. The summed E-state index contributed by atoms with van der Waals surface area (Å²) in [5.41, 5.74) is 1.20. The maximum atomic E-state index is 6.32. The standard InChI is InChI=1S/C9H14ClNSi/c1-12(2,3)9(10)8-4-6-11-7-5-8/h4-7,9H,1-3H3/t9-/m0/s1. The van der Waals surface area contributed by atoms with Gasteiger partial charge in [-0.05, 0) is 17.7 Å². The topological polar surface area (TPSA) is 12.9 Å². The van der Waals surface area contributed by atoms with Crippen LogP contribution in [0, 0.1) is 0 Å². The van der Waals surface area contributed by atoms with Gasteiger partial charge in [0.15, 0.2) is 0 Å². The summed E-state index contributed by atoms with van der Waals surface area (Å²) in [7, 11) is -1.26. The molecular formula is C9H14ClNSi. The summed E-state index contributed by atoms with van der Waals surface area (Å²) in [6.45, 7) is 6.81. The first-order valence-electron chi connectivity index (χ1n) is 4.06. The molecule has 1 atom stereocenters. The Morgan fingerprint density at radius 1 is 1.25 bits per heavy atom. The minimum atomic E-state index is -1.26. The number of hydrogen-bond donors (Lipinski definition) is 0. The molecule has 0 aromatic carbocycles. The Labute approximate surface area is 79.8 Å². The van der Waals surface area contributed by atoms with E-state index in [4.69, 9.17) is 11.6 Å². The monoisotopic (exact) mass is 199 g/mol. The van der Waals surface area contributed by atoms with E-state index < -0.39 is 8.07 Å². The van der Waals surface area contributed by atoms with Crippen LogP contribution in [-0.4, -0.2) is 13.1 Å². The smallest absolute Gasteiger partial charge is 0.0704 e. The van der Waals surface area contributed by atoms with Crippen LogP contribution >= 0.6 is 11.6 Å². The Hall–Kier alpha value is -0.343. The first-order valence-corrected chi connectivity index (χ1v) is 8.07. The molecule has 0 fully saturated rings. The minimum absolute atomic E-state index is 0.195. The number of halogens is 1. The van der Waals surface area contributed by atoms with Crippen molar-refractivity contribution in [2.45, 2.75) is 24.6 Å². The molecule has 1 nitrogen and oxygen atoms in total. The van der Waals surface area contributed by atoms with Crippen LogP contribution in [0.4, 0.5) is 0 Å². The van der Waals surface area contributed by atoms with Gasteiger partial charge in [0.2, 0.25) is 0 Å². The average molecular weight is 200 g/mol. The molecule has 0 spiro atoms. The van der Waals surface area contributed by atoms with Gasteiger partial charge in [0.05, 0.1) is 13.1 Å². The molecule has 1 heterocycles. The lowest BCUT2D eigenvalue weighted by atomic mass is 10.3. The van der Waals surface area contributed by atoms with Gasteiger partial charge >= 0.3 is 0 Å². The summed E-state index contributed by atoms with van der Waals surface area (Å²) in [6.07, 6.45) is 3.59. The van der Waals surface area contributed by atoms with Crippen molar-refractivity contribution in [1.82, 2.24) is 4.98 Å². The number of pyridine rings is 1. The summed E-state index contributed by atoms with van der Waals surface area (Å²) >= 11 is 6.32. The first-order chi connectivity index (χ1) is 5.52.